The van der Waals surface area contributed by atoms with Crippen LogP contribution in [-0.2, 0) is 6.54 Å². The number of nitrogens with zero attached hydrogens (tertiary/aromatic N) is 2. The fourth-order valence-corrected chi connectivity index (χ4v) is 1.67. The number of hydrogen-bond donors (Lipinski definition) is 1. The molecule has 0 aliphatic heterocycles. The first-order valence-electron chi connectivity index (χ1n) is 4.87. The van der Waals surface area contributed by atoms with Crippen LogP contribution in [0.1, 0.15) is 38.5 Å². The number of aryl methyl sites for hydroxylation is 1. The lowest BCUT2D eigenvalue weighted by molar-refractivity contribution is 0.0943. The Kier molecular flexibility index (Phi) is 1.91. The van der Waals surface area contributed by atoms with E-state index >= 15 is 0 Å². The van der Waals surface area contributed by atoms with Crippen LogP contribution >= 0.6 is 0 Å². The van der Waals surface area contributed by atoms with Crippen LogP contribution in [-0.4, -0.2) is 14.9 Å². The molecular formula is C10H16N2O. The molecule has 1 atom stereocenters. The molecule has 3 heteroatoms. The Morgan fingerprint density at radius 1 is 1.69 bits per heavy atom. The highest BCUT2D eigenvalue weighted by Crippen LogP contribution is 2.54. The van der Waals surface area contributed by atoms with Gasteiger partial charge in [-0.3, -0.25) is 4.68 Å². The van der Waals surface area contributed by atoms with E-state index < -0.39 is 0 Å². The van der Waals surface area contributed by atoms with Crippen LogP contribution in [0.25, 0.3) is 0 Å². The molecule has 2 rings (SSSR count). The van der Waals surface area contributed by atoms with Gasteiger partial charge < -0.3 is 5.11 Å². The summed E-state index contributed by atoms with van der Waals surface area (Å²) in [5.74, 6) is 0. The van der Waals surface area contributed by atoms with Crippen LogP contribution in [0.5, 0.6) is 0 Å². The van der Waals surface area contributed by atoms with Crippen molar-refractivity contribution in [2.75, 3.05) is 0 Å². The standard InChI is InChI=1S/C10H16N2O/c1-3-12-8(4-7-11-12)9(13)10(2)5-6-10/h4,7,9,13H,3,5-6H2,1-2H3. The van der Waals surface area contributed by atoms with Crippen LogP contribution in [0.4, 0.5) is 0 Å². The van der Waals surface area contributed by atoms with Gasteiger partial charge >= 0.3 is 0 Å². The molecule has 0 aromatic carbocycles. The molecule has 0 saturated heterocycles. The van der Waals surface area contributed by atoms with Crippen LogP contribution in [0.2, 0.25) is 0 Å². The molecule has 13 heavy (non-hydrogen) atoms. The monoisotopic (exact) mass is 180 g/mol. The van der Waals surface area contributed by atoms with Crippen LogP contribution in [0.3, 0.4) is 0 Å². The maximum atomic E-state index is 10.1. The van der Waals surface area contributed by atoms with Crippen LogP contribution in [0.15, 0.2) is 12.3 Å². The topological polar surface area (TPSA) is 38.0 Å². The Morgan fingerprint density at radius 2 is 2.38 bits per heavy atom. The van der Waals surface area contributed by atoms with Gasteiger partial charge in [0, 0.05) is 12.7 Å². The van der Waals surface area contributed by atoms with E-state index in [1.54, 1.807) is 6.20 Å². The molecule has 1 aliphatic carbocycles. The van der Waals surface area contributed by atoms with Gasteiger partial charge in [-0.25, -0.2) is 0 Å². The molecule has 1 N–H and O–H groups in total. The fourth-order valence-electron chi connectivity index (χ4n) is 1.67. The SMILES string of the molecule is CCn1nccc1C(O)C1(C)CC1. The van der Waals surface area contributed by atoms with E-state index in [9.17, 15) is 5.11 Å². The average Bonchev–Trinajstić information content (AvgIpc) is 2.71. The Labute approximate surface area is 78.4 Å². The first-order chi connectivity index (χ1) is 6.17. The number of aromatic nitrogens is 2. The van der Waals surface area contributed by atoms with Gasteiger partial charge in [0.15, 0.2) is 0 Å². The summed E-state index contributed by atoms with van der Waals surface area (Å²) in [5.41, 5.74) is 1.08. The van der Waals surface area contributed by atoms with Crippen LogP contribution < -0.4 is 0 Å². The zero-order valence-electron chi connectivity index (χ0n) is 8.20. The van der Waals surface area contributed by atoms with Gasteiger partial charge in [-0.05, 0) is 31.2 Å². The summed E-state index contributed by atoms with van der Waals surface area (Å²) < 4.78 is 1.87. The second-order valence-electron chi connectivity index (χ2n) is 4.13. The van der Waals surface area contributed by atoms with E-state index in [2.05, 4.69) is 12.0 Å². The van der Waals surface area contributed by atoms with Gasteiger partial charge in [-0.1, -0.05) is 6.92 Å². The van der Waals surface area contributed by atoms with Gasteiger partial charge in [0.05, 0.1) is 5.69 Å². The van der Waals surface area contributed by atoms with E-state index in [0.29, 0.717) is 0 Å². The normalized spacial score (nSPS) is 21.5. The number of rotatable bonds is 3. The van der Waals surface area contributed by atoms with Crippen molar-refractivity contribution in [3.05, 3.63) is 18.0 Å². The highest BCUT2D eigenvalue weighted by Gasteiger charge is 2.45. The highest BCUT2D eigenvalue weighted by molar-refractivity contribution is 5.12. The molecular weight excluding hydrogens is 164 g/mol. The zero-order chi connectivity index (χ0) is 9.47. The van der Waals surface area contributed by atoms with E-state index in [4.69, 9.17) is 0 Å². The lowest BCUT2D eigenvalue weighted by Crippen LogP contribution is -2.15. The third kappa shape index (κ3) is 1.37. The van der Waals surface area contributed by atoms with Gasteiger partial charge in [0.2, 0.25) is 0 Å². The number of aliphatic hydroxyl groups excluding tert-OH is 1. The lowest BCUT2D eigenvalue weighted by atomic mass is 9.99. The number of aliphatic hydroxyl groups is 1. The molecule has 3 nitrogen and oxygen atoms in total. The van der Waals surface area contributed by atoms with Crippen LogP contribution in [0, 0.1) is 5.41 Å². The van der Waals surface area contributed by atoms with Crippen molar-refractivity contribution in [2.24, 2.45) is 5.41 Å². The largest absolute Gasteiger partial charge is 0.386 e. The molecule has 1 aromatic rings. The molecule has 0 bridgehead atoms. The lowest BCUT2D eigenvalue weighted by Gasteiger charge is -2.18. The van der Waals surface area contributed by atoms with E-state index in [0.717, 1.165) is 25.1 Å². The molecule has 1 fully saturated rings. The van der Waals surface area contributed by atoms with Crippen molar-refractivity contribution in [3.63, 3.8) is 0 Å². The summed E-state index contributed by atoms with van der Waals surface area (Å²) in [5, 5.41) is 14.2. The molecule has 72 valence electrons. The molecule has 1 heterocycles. The minimum absolute atomic E-state index is 0.118. The summed E-state index contributed by atoms with van der Waals surface area (Å²) in [6.45, 7) is 5.00. The Balaban J connectivity index is 2.24. The Morgan fingerprint density at radius 3 is 2.92 bits per heavy atom. The van der Waals surface area contributed by atoms with Gasteiger partial charge in [0.1, 0.15) is 6.10 Å². The quantitative estimate of drug-likeness (QED) is 0.769. The van der Waals surface area contributed by atoms with E-state index in [1.165, 1.54) is 0 Å². The Hall–Kier alpha value is -0.830. The highest BCUT2D eigenvalue weighted by atomic mass is 16.3. The van der Waals surface area contributed by atoms with Crippen molar-refractivity contribution in [2.45, 2.75) is 39.3 Å². The smallest absolute Gasteiger partial charge is 0.101 e. The molecule has 1 aromatic heterocycles. The first-order valence-corrected chi connectivity index (χ1v) is 4.87. The minimum atomic E-state index is -0.338. The molecule has 0 amide bonds. The van der Waals surface area contributed by atoms with Crippen molar-refractivity contribution >= 4 is 0 Å². The molecule has 1 aliphatic rings. The first kappa shape index (κ1) is 8.75. The third-order valence-electron chi connectivity index (χ3n) is 3.03. The molecule has 1 unspecified atom stereocenters. The second kappa shape index (κ2) is 2.84. The van der Waals surface area contributed by atoms with Gasteiger partial charge in [-0.2, -0.15) is 5.10 Å². The predicted molar refractivity (Wildman–Crippen MR) is 50.2 cm³/mol. The summed E-state index contributed by atoms with van der Waals surface area (Å²) >= 11 is 0. The van der Waals surface area contributed by atoms with Crippen molar-refractivity contribution in [1.82, 2.24) is 9.78 Å². The second-order valence-corrected chi connectivity index (χ2v) is 4.13. The van der Waals surface area contributed by atoms with Gasteiger partial charge in [0.25, 0.3) is 0 Å². The maximum Gasteiger partial charge on any atom is 0.101 e. The molecule has 0 radical (unpaired) electrons. The van der Waals surface area contributed by atoms with Crippen molar-refractivity contribution < 1.29 is 5.11 Å². The summed E-state index contributed by atoms with van der Waals surface area (Å²) in [6, 6.07) is 1.91. The van der Waals surface area contributed by atoms with E-state index in [1.807, 2.05) is 17.7 Å². The fraction of sp³-hybridized carbons (Fsp3) is 0.700. The molecule has 1 saturated carbocycles. The number of hydrogen-bond acceptors (Lipinski definition) is 2. The predicted octanol–water partition coefficient (Wildman–Crippen LogP) is 1.74. The summed E-state index contributed by atoms with van der Waals surface area (Å²) in [4.78, 5) is 0. The van der Waals surface area contributed by atoms with E-state index in [-0.39, 0.29) is 11.5 Å². The van der Waals surface area contributed by atoms with Gasteiger partial charge in [-0.15, -0.1) is 0 Å². The van der Waals surface area contributed by atoms with Crippen molar-refractivity contribution in [1.29, 1.82) is 0 Å². The molecule has 0 spiro atoms. The third-order valence-corrected chi connectivity index (χ3v) is 3.03. The summed E-state index contributed by atoms with van der Waals surface area (Å²) in [7, 11) is 0. The average molecular weight is 180 g/mol. The van der Waals surface area contributed by atoms with Crippen molar-refractivity contribution in [3.8, 4) is 0 Å². The maximum absolute atomic E-state index is 10.1. The summed E-state index contributed by atoms with van der Waals surface area (Å²) in [6.07, 6.45) is 3.68. The minimum Gasteiger partial charge on any atom is -0.386 e. The zero-order valence-corrected chi connectivity index (χ0v) is 8.20. The Bertz CT molecular complexity index is 302.